The van der Waals surface area contributed by atoms with Crippen LogP contribution in [0.5, 0.6) is 5.75 Å². The number of methoxy groups -OCH3 is 1. The quantitative estimate of drug-likeness (QED) is 0.773. The molecule has 84 valence electrons. The zero-order chi connectivity index (χ0) is 11.3. The van der Waals surface area contributed by atoms with Gasteiger partial charge in [0.2, 0.25) is 0 Å². The van der Waals surface area contributed by atoms with Gasteiger partial charge in [0.05, 0.1) is 13.2 Å². The first-order valence-electron chi connectivity index (χ1n) is 5.18. The highest BCUT2D eigenvalue weighted by atomic mass is 16.5. The molecule has 0 fully saturated rings. The molecule has 0 spiro atoms. The van der Waals surface area contributed by atoms with Crippen LogP contribution >= 0.6 is 0 Å². The Balaban J connectivity index is 2.50. The minimum atomic E-state index is -0.337. The molecule has 0 aliphatic carbocycles. The maximum Gasteiger partial charge on any atom is 0.119 e. The summed E-state index contributed by atoms with van der Waals surface area (Å²) >= 11 is 0. The first-order valence-corrected chi connectivity index (χ1v) is 5.18. The van der Waals surface area contributed by atoms with E-state index in [4.69, 9.17) is 4.74 Å². The van der Waals surface area contributed by atoms with Crippen LogP contribution in [-0.2, 0) is 6.54 Å². The lowest BCUT2D eigenvalue weighted by Gasteiger charge is -2.16. The van der Waals surface area contributed by atoms with E-state index in [0.717, 1.165) is 17.9 Å². The van der Waals surface area contributed by atoms with E-state index in [1.807, 2.05) is 31.2 Å². The molecule has 1 aromatic rings. The third kappa shape index (κ3) is 3.90. The van der Waals surface area contributed by atoms with E-state index < -0.39 is 0 Å². The molecule has 0 radical (unpaired) electrons. The second-order valence-electron chi connectivity index (χ2n) is 3.76. The van der Waals surface area contributed by atoms with Crippen molar-refractivity contribution >= 4 is 0 Å². The zero-order valence-electron chi connectivity index (χ0n) is 9.53. The van der Waals surface area contributed by atoms with Gasteiger partial charge in [-0.3, -0.25) is 0 Å². The Morgan fingerprint density at radius 2 is 2.13 bits per heavy atom. The molecule has 0 saturated carbocycles. The molecule has 0 aliphatic rings. The molecule has 2 N–H and O–H groups in total. The van der Waals surface area contributed by atoms with Gasteiger partial charge >= 0.3 is 0 Å². The van der Waals surface area contributed by atoms with Crippen LogP contribution in [0, 0.1) is 0 Å². The third-order valence-corrected chi connectivity index (χ3v) is 2.49. The second-order valence-corrected chi connectivity index (χ2v) is 3.76. The van der Waals surface area contributed by atoms with Gasteiger partial charge in [0.1, 0.15) is 5.75 Å². The Morgan fingerprint density at radius 1 is 1.40 bits per heavy atom. The molecule has 0 aromatic heterocycles. The van der Waals surface area contributed by atoms with Crippen molar-refractivity contribution in [1.82, 2.24) is 5.32 Å². The summed E-state index contributed by atoms with van der Waals surface area (Å²) < 4.78 is 5.13. The molecule has 3 nitrogen and oxygen atoms in total. The van der Waals surface area contributed by atoms with Crippen molar-refractivity contribution in [1.29, 1.82) is 0 Å². The van der Waals surface area contributed by atoms with Crippen molar-refractivity contribution in [3.05, 3.63) is 29.8 Å². The van der Waals surface area contributed by atoms with Crippen molar-refractivity contribution in [2.24, 2.45) is 0 Å². The van der Waals surface area contributed by atoms with Gasteiger partial charge in [0.25, 0.3) is 0 Å². The highest BCUT2D eigenvalue weighted by Crippen LogP contribution is 2.12. The molecule has 1 rings (SSSR count). The van der Waals surface area contributed by atoms with Gasteiger partial charge in [0.15, 0.2) is 0 Å². The fraction of sp³-hybridized carbons (Fsp3) is 0.500. The summed E-state index contributed by atoms with van der Waals surface area (Å²) in [5.41, 5.74) is 1.15. The van der Waals surface area contributed by atoms with Crippen LogP contribution in [0.3, 0.4) is 0 Å². The van der Waals surface area contributed by atoms with E-state index in [1.54, 1.807) is 14.0 Å². The summed E-state index contributed by atoms with van der Waals surface area (Å²) in [6, 6.07) is 7.99. The summed E-state index contributed by atoms with van der Waals surface area (Å²) in [5, 5.41) is 12.6. The Bertz CT molecular complexity index is 299. The highest BCUT2D eigenvalue weighted by molar-refractivity contribution is 5.28. The van der Waals surface area contributed by atoms with Gasteiger partial charge in [-0.05, 0) is 31.5 Å². The minimum absolute atomic E-state index is 0.0937. The number of aliphatic hydroxyl groups is 1. The van der Waals surface area contributed by atoms with Crippen LogP contribution in [0.25, 0.3) is 0 Å². The standard InChI is InChI=1S/C12H19NO2/c1-9(10(2)14)13-8-11-5-4-6-12(7-11)15-3/h4-7,9-10,13-14H,8H2,1-3H3. The molecular formula is C12H19NO2. The van der Waals surface area contributed by atoms with Crippen LogP contribution in [0.2, 0.25) is 0 Å². The number of nitrogens with one attached hydrogen (secondary N) is 1. The Morgan fingerprint density at radius 3 is 2.73 bits per heavy atom. The third-order valence-electron chi connectivity index (χ3n) is 2.49. The lowest BCUT2D eigenvalue weighted by Crippen LogP contribution is -2.34. The smallest absolute Gasteiger partial charge is 0.119 e. The molecule has 0 amide bonds. The van der Waals surface area contributed by atoms with Crippen LogP contribution in [0.4, 0.5) is 0 Å². The van der Waals surface area contributed by atoms with E-state index >= 15 is 0 Å². The number of hydrogen-bond donors (Lipinski definition) is 2. The summed E-state index contributed by atoms with van der Waals surface area (Å²) in [4.78, 5) is 0. The van der Waals surface area contributed by atoms with E-state index in [0.29, 0.717) is 0 Å². The highest BCUT2D eigenvalue weighted by Gasteiger charge is 2.07. The first kappa shape index (κ1) is 12.0. The average molecular weight is 209 g/mol. The largest absolute Gasteiger partial charge is 0.497 e. The van der Waals surface area contributed by atoms with E-state index in [2.05, 4.69) is 5.32 Å². The minimum Gasteiger partial charge on any atom is -0.497 e. The summed E-state index contributed by atoms with van der Waals surface area (Å²) in [6.45, 7) is 4.48. The Labute approximate surface area is 91.1 Å². The van der Waals surface area contributed by atoms with Gasteiger partial charge in [-0.1, -0.05) is 12.1 Å². The normalized spacial score (nSPS) is 14.7. The number of hydrogen-bond acceptors (Lipinski definition) is 3. The number of aliphatic hydroxyl groups excluding tert-OH is 1. The van der Waals surface area contributed by atoms with E-state index in [-0.39, 0.29) is 12.1 Å². The summed E-state index contributed by atoms with van der Waals surface area (Å²) in [7, 11) is 1.66. The van der Waals surface area contributed by atoms with Gasteiger partial charge in [-0.2, -0.15) is 0 Å². The van der Waals surface area contributed by atoms with Crippen molar-refractivity contribution in [3.8, 4) is 5.75 Å². The number of rotatable bonds is 5. The molecule has 0 aliphatic heterocycles. The number of benzene rings is 1. The zero-order valence-corrected chi connectivity index (χ0v) is 9.53. The molecule has 0 heterocycles. The lowest BCUT2D eigenvalue weighted by atomic mass is 10.1. The molecule has 2 atom stereocenters. The predicted molar refractivity (Wildman–Crippen MR) is 61.0 cm³/mol. The average Bonchev–Trinajstić information content (AvgIpc) is 2.26. The molecule has 0 bridgehead atoms. The van der Waals surface area contributed by atoms with Crippen molar-refractivity contribution < 1.29 is 9.84 Å². The van der Waals surface area contributed by atoms with Gasteiger partial charge in [-0.25, -0.2) is 0 Å². The SMILES string of the molecule is COc1cccc(CNC(C)C(C)O)c1. The van der Waals surface area contributed by atoms with Gasteiger partial charge in [0, 0.05) is 12.6 Å². The fourth-order valence-corrected chi connectivity index (χ4v) is 1.23. The number of ether oxygens (including phenoxy) is 1. The maximum absolute atomic E-state index is 9.31. The summed E-state index contributed by atoms with van der Waals surface area (Å²) in [6.07, 6.45) is -0.337. The van der Waals surface area contributed by atoms with Crippen molar-refractivity contribution in [2.45, 2.75) is 32.5 Å². The lowest BCUT2D eigenvalue weighted by molar-refractivity contribution is 0.152. The topological polar surface area (TPSA) is 41.5 Å². The van der Waals surface area contributed by atoms with Gasteiger partial charge in [-0.15, -0.1) is 0 Å². The maximum atomic E-state index is 9.31. The molecule has 15 heavy (non-hydrogen) atoms. The monoisotopic (exact) mass is 209 g/mol. The molecular weight excluding hydrogens is 190 g/mol. The van der Waals surface area contributed by atoms with Crippen LogP contribution in [0.15, 0.2) is 24.3 Å². The molecule has 2 unspecified atom stereocenters. The predicted octanol–water partition coefficient (Wildman–Crippen LogP) is 1.55. The van der Waals surface area contributed by atoms with E-state index in [1.165, 1.54) is 0 Å². The first-order chi connectivity index (χ1) is 7.13. The molecule has 0 saturated heterocycles. The van der Waals surface area contributed by atoms with Crippen LogP contribution in [-0.4, -0.2) is 24.4 Å². The fourth-order valence-electron chi connectivity index (χ4n) is 1.23. The van der Waals surface area contributed by atoms with Crippen LogP contribution in [0.1, 0.15) is 19.4 Å². The molecule has 3 heteroatoms. The van der Waals surface area contributed by atoms with Gasteiger partial charge < -0.3 is 15.2 Å². The summed E-state index contributed by atoms with van der Waals surface area (Å²) in [5.74, 6) is 0.860. The van der Waals surface area contributed by atoms with Crippen LogP contribution < -0.4 is 10.1 Å². The second kappa shape index (κ2) is 5.73. The van der Waals surface area contributed by atoms with Crippen molar-refractivity contribution in [3.63, 3.8) is 0 Å². The Hall–Kier alpha value is -1.06. The Kier molecular flexibility index (Phi) is 4.59. The molecule has 1 aromatic carbocycles. The van der Waals surface area contributed by atoms with Crippen molar-refractivity contribution in [2.75, 3.05) is 7.11 Å². The van der Waals surface area contributed by atoms with E-state index in [9.17, 15) is 5.11 Å².